The molecule has 0 spiro atoms. The molecule has 1 unspecified atom stereocenters. The van der Waals surface area contributed by atoms with E-state index in [1.54, 1.807) is 6.07 Å². The van der Waals surface area contributed by atoms with Crippen molar-refractivity contribution in [2.45, 2.75) is 39.7 Å². The van der Waals surface area contributed by atoms with Gasteiger partial charge < -0.3 is 20.9 Å². The minimum absolute atomic E-state index is 0.216. The van der Waals surface area contributed by atoms with Crippen LogP contribution in [0.1, 0.15) is 38.9 Å². The third kappa shape index (κ3) is 6.16. The SMILES string of the molecule is CCCC(CCO)CNc1cc(N)nc(COCC)n1. The minimum Gasteiger partial charge on any atom is -0.396 e. The average Bonchev–Trinajstić information content (AvgIpc) is 2.42. The van der Waals surface area contributed by atoms with Crippen LogP contribution in [0.2, 0.25) is 0 Å². The lowest BCUT2D eigenvalue weighted by Crippen LogP contribution is -2.17. The number of anilines is 2. The number of hydrogen-bond acceptors (Lipinski definition) is 6. The molecule has 1 aromatic heterocycles. The van der Waals surface area contributed by atoms with Gasteiger partial charge >= 0.3 is 0 Å². The first kappa shape index (κ1) is 16.7. The van der Waals surface area contributed by atoms with E-state index in [0.29, 0.717) is 36.6 Å². The number of rotatable bonds is 10. The molecule has 0 aromatic carbocycles. The Morgan fingerprint density at radius 3 is 2.80 bits per heavy atom. The molecule has 1 aromatic rings. The lowest BCUT2D eigenvalue weighted by molar-refractivity contribution is 0.128. The van der Waals surface area contributed by atoms with Gasteiger partial charge in [-0.15, -0.1) is 0 Å². The zero-order valence-corrected chi connectivity index (χ0v) is 12.4. The summed E-state index contributed by atoms with van der Waals surface area (Å²) in [5, 5.41) is 12.3. The van der Waals surface area contributed by atoms with Gasteiger partial charge in [-0.3, -0.25) is 0 Å². The summed E-state index contributed by atoms with van der Waals surface area (Å²) >= 11 is 0. The fourth-order valence-corrected chi connectivity index (χ4v) is 2.05. The van der Waals surface area contributed by atoms with Crippen molar-refractivity contribution in [2.75, 3.05) is 30.8 Å². The Bertz CT molecular complexity index is 381. The molecule has 0 saturated heterocycles. The molecule has 0 saturated carbocycles. The Kier molecular flexibility index (Phi) is 7.91. The maximum Gasteiger partial charge on any atom is 0.158 e. The molecule has 6 heteroatoms. The van der Waals surface area contributed by atoms with Crippen LogP contribution >= 0.6 is 0 Å². The van der Waals surface area contributed by atoms with Gasteiger partial charge in [-0.2, -0.15) is 0 Å². The van der Waals surface area contributed by atoms with E-state index < -0.39 is 0 Å². The smallest absolute Gasteiger partial charge is 0.158 e. The number of nitrogens with two attached hydrogens (primary N) is 1. The predicted octanol–water partition coefficient (Wildman–Crippen LogP) is 1.81. The number of nitrogens with one attached hydrogen (secondary N) is 1. The highest BCUT2D eigenvalue weighted by Gasteiger charge is 2.08. The fourth-order valence-electron chi connectivity index (χ4n) is 2.05. The first-order valence-electron chi connectivity index (χ1n) is 7.25. The first-order chi connectivity index (χ1) is 9.69. The Morgan fingerprint density at radius 2 is 2.15 bits per heavy atom. The maximum absolute atomic E-state index is 9.06. The van der Waals surface area contributed by atoms with E-state index in [0.717, 1.165) is 25.8 Å². The van der Waals surface area contributed by atoms with Gasteiger partial charge in [0.2, 0.25) is 0 Å². The van der Waals surface area contributed by atoms with E-state index in [9.17, 15) is 0 Å². The van der Waals surface area contributed by atoms with Crippen molar-refractivity contribution in [3.63, 3.8) is 0 Å². The highest BCUT2D eigenvalue weighted by Crippen LogP contribution is 2.14. The van der Waals surface area contributed by atoms with Gasteiger partial charge in [0, 0.05) is 25.8 Å². The van der Waals surface area contributed by atoms with Crippen molar-refractivity contribution in [3.8, 4) is 0 Å². The van der Waals surface area contributed by atoms with Gasteiger partial charge in [0.15, 0.2) is 5.82 Å². The number of ether oxygens (including phenoxy) is 1. The molecule has 6 nitrogen and oxygen atoms in total. The summed E-state index contributed by atoms with van der Waals surface area (Å²) in [7, 11) is 0. The van der Waals surface area contributed by atoms with Crippen LogP contribution in [-0.2, 0) is 11.3 Å². The van der Waals surface area contributed by atoms with Gasteiger partial charge in [0.05, 0.1) is 0 Å². The van der Waals surface area contributed by atoms with E-state index in [1.807, 2.05) is 6.92 Å². The average molecular weight is 282 g/mol. The van der Waals surface area contributed by atoms with E-state index in [2.05, 4.69) is 22.2 Å². The predicted molar refractivity (Wildman–Crippen MR) is 80.4 cm³/mol. The van der Waals surface area contributed by atoms with E-state index in [-0.39, 0.29) is 6.61 Å². The first-order valence-corrected chi connectivity index (χ1v) is 7.25. The third-order valence-corrected chi connectivity index (χ3v) is 3.03. The molecule has 0 aliphatic rings. The zero-order valence-electron chi connectivity index (χ0n) is 12.4. The van der Waals surface area contributed by atoms with E-state index >= 15 is 0 Å². The number of aliphatic hydroxyl groups excluding tert-OH is 1. The van der Waals surface area contributed by atoms with Crippen LogP contribution in [0.3, 0.4) is 0 Å². The molecule has 0 radical (unpaired) electrons. The molecule has 0 aliphatic heterocycles. The van der Waals surface area contributed by atoms with Crippen LogP contribution in [0, 0.1) is 5.92 Å². The Balaban J connectivity index is 2.59. The number of nitrogen functional groups attached to an aromatic ring is 1. The van der Waals surface area contributed by atoms with Crippen LogP contribution < -0.4 is 11.1 Å². The summed E-state index contributed by atoms with van der Waals surface area (Å²) in [6.45, 7) is 6.05. The molecule has 1 rings (SSSR count). The molecular formula is C14H26N4O2. The van der Waals surface area contributed by atoms with Crippen LogP contribution in [-0.4, -0.2) is 34.8 Å². The monoisotopic (exact) mass is 282 g/mol. The second kappa shape index (κ2) is 9.50. The van der Waals surface area contributed by atoms with Gasteiger partial charge in [-0.05, 0) is 25.7 Å². The molecule has 4 N–H and O–H groups in total. The van der Waals surface area contributed by atoms with E-state index in [4.69, 9.17) is 15.6 Å². The standard InChI is InChI=1S/C14H26N4O2/c1-3-5-11(6-7-19)9-16-13-8-12(15)17-14(18-13)10-20-4-2/h8,11,19H,3-7,9-10H2,1-2H3,(H3,15,16,17,18). The zero-order chi connectivity index (χ0) is 14.8. The molecule has 114 valence electrons. The summed E-state index contributed by atoms with van der Waals surface area (Å²) in [4.78, 5) is 8.51. The van der Waals surface area contributed by atoms with E-state index in [1.165, 1.54) is 0 Å². The highest BCUT2D eigenvalue weighted by atomic mass is 16.5. The minimum atomic E-state index is 0.216. The Labute approximate surface area is 120 Å². The van der Waals surface area contributed by atoms with Crippen molar-refractivity contribution in [1.29, 1.82) is 0 Å². The Hall–Kier alpha value is -1.40. The van der Waals surface area contributed by atoms with Crippen molar-refractivity contribution in [3.05, 3.63) is 11.9 Å². The highest BCUT2D eigenvalue weighted by molar-refractivity contribution is 5.44. The van der Waals surface area contributed by atoms with Crippen molar-refractivity contribution in [1.82, 2.24) is 9.97 Å². The number of nitrogens with zero attached hydrogens (tertiary/aromatic N) is 2. The van der Waals surface area contributed by atoms with Gasteiger partial charge in [-0.25, -0.2) is 9.97 Å². The number of aliphatic hydroxyl groups is 1. The summed E-state index contributed by atoms with van der Waals surface area (Å²) < 4.78 is 5.29. The quantitative estimate of drug-likeness (QED) is 0.606. The third-order valence-electron chi connectivity index (χ3n) is 3.03. The van der Waals surface area contributed by atoms with Crippen LogP contribution in [0.15, 0.2) is 6.07 Å². The van der Waals surface area contributed by atoms with Gasteiger partial charge in [-0.1, -0.05) is 13.3 Å². The summed E-state index contributed by atoms with van der Waals surface area (Å²) in [6.07, 6.45) is 2.99. The molecule has 0 aliphatic carbocycles. The maximum atomic E-state index is 9.06. The molecule has 1 atom stereocenters. The molecular weight excluding hydrogens is 256 g/mol. The van der Waals surface area contributed by atoms with Crippen LogP contribution in [0.4, 0.5) is 11.6 Å². The van der Waals surface area contributed by atoms with Crippen molar-refractivity contribution in [2.24, 2.45) is 5.92 Å². The second-order valence-electron chi connectivity index (χ2n) is 4.78. The molecule has 1 heterocycles. The number of aromatic nitrogens is 2. The lowest BCUT2D eigenvalue weighted by Gasteiger charge is -2.16. The fraction of sp³-hybridized carbons (Fsp3) is 0.714. The number of hydrogen-bond donors (Lipinski definition) is 3. The van der Waals surface area contributed by atoms with Gasteiger partial charge in [0.1, 0.15) is 18.2 Å². The normalized spacial score (nSPS) is 12.3. The lowest BCUT2D eigenvalue weighted by atomic mass is 10.0. The topological polar surface area (TPSA) is 93.3 Å². The van der Waals surface area contributed by atoms with Crippen LogP contribution in [0.5, 0.6) is 0 Å². The van der Waals surface area contributed by atoms with Crippen molar-refractivity contribution >= 4 is 11.6 Å². The van der Waals surface area contributed by atoms with Crippen molar-refractivity contribution < 1.29 is 9.84 Å². The largest absolute Gasteiger partial charge is 0.396 e. The summed E-state index contributed by atoms with van der Waals surface area (Å²) in [5.74, 6) is 2.18. The second-order valence-corrected chi connectivity index (χ2v) is 4.78. The molecule has 20 heavy (non-hydrogen) atoms. The molecule has 0 bridgehead atoms. The van der Waals surface area contributed by atoms with Gasteiger partial charge in [0.25, 0.3) is 0 Å². The summed E-state index contributed by atoms with van der Waals surface area (Å²) in [5.41, 5.74) is 5.77. The van der Waals surface area contributed by atoms with Crippen LogP contribution in [0.25, 0.3) is 0 Å². The summed E-state index contributed by atoms with van der Waals surface area (Å²) in [6, 6.07) is 1.72. The molecule has 0 amide bonds. The Morgan fingerprint density at radius 1 is 1.35 bits per heavy atom. The molecule has 0 fully saturated rings.